The summed E-state index contributed by atoms with van der Waals surface area (Å²) in [5, 5.41) is 0. The molecule has 0 aliphatic heterocycles. The Kier molecular flexibility index (Phi) is 4.13. The molecule has 0 N–H and O–H groups in total. The van der Waals surface area contributed by atoms with Crippen molar-refractivity contribution in [2.24, 2.45) is 0 Å². The van der Waals surface area contributed by atoms with Gasteiger partial charge in [-0.1, -0.05) is 57.0 Å². The van der Waals surface area contributed by atoms with Gasteiger partial charge in [0.2, 0.25) is 0 Å². The molecule has 0 saturated carbocycles. The average molecular weight is 352 g/mol. The Bertz CT molecular complexity index is 663. The lowest BCUT2D eigenvalue weighted by Crippen LogP contribution is -2.05. The molecule has 0 saturated heterocycles. The van der Waals surface area contributed by atoms with Crippen molar-refractivity contribution in [1.82, 2.24) is 0 Å². The second-order valence-corrected chi connectivity index (χ2v) is 7.70. The van der Waals surface area contributed by atoms with Crippen molar-refractivity contribution in [3.05, 3.63) is 59.7 Å². The summed E-state index contributed by atoms with van der Waals surface area (Å²) in [5.74, 6) is 0.105. The standard InChI is InChI=1S/C16H17F5OS/c1-2-3-13-4-6-14(7-5-13)12-22-15-8-10-16(11-9-15)23(17,18,19,20)21/h4-11H,2-3,12H2,1H3. The van der Waals surface area contributed by atoms with Crippen molar-refractivity contribution in [3.63, 3.8) is 0 Å². The summed E-state index contributed by atoms with van der Waals surface area (Å²) in [6, 6.07) is 10.2. The van der Waals surface area contributed by atoms with Crippen molar-refractivity contribution in [2.45, 2.75) is 31.3 Å². The molecule has 0 radical (unpaired) electrons. The highest BCUT2D eigenvalue weighted by Gasteiger charge is 2.65. The number of rotatable bonds is 6. The van der Waals surface area contributed by atoms with Gasteiger partial charge in [-0.25, -0.2) is 0 Å². The summed E-state index contributed by atoms with van der Waals surface area (Å²) in [6.07, 6.45) is 2.01. The first-order valence-electron chi connectivity index (χ1n) is 7.03. The molecule has 128 valence electrons. The fourth-order valence-electron chi connectivity index (χ4n) is 2.05. The van der Waals surface area contributed by atoms with E-state index in [1.807, 2.05) is 24.3 Å². The van der Waals surface area contributed by atoms with E-state index in [4.69, 9.17) is 4.74 Å². The molecule has 2 aromatic carbocycles. The van der Waals surface area contributed by atoms with Crippen LogP contribution < -0.4 is 4.74 Å². The Morgan fingerprint density at radius 1 is 0.783 bits per heavy atom. The first kappa shape index (κ1) is 17.6. The molecule has 0 unspecified atom stereocenters. The number of ether oxygens (including phenoxy) is 1. The van der Waals surface area contributed by atoms with Gasteiger partial charge in [-0.3, -0.25) is 0 Å². The van der Waals surface area contributed by atoms with Crippen LogP contribution in [-0.2, 0) is 13.0 Å². The van der Waals surface area contributed by atoms with Gasteiger partial charge in [-0.05, 0) is 41.8 Å². The van der Waals surface area contributed by atoms with Crippen LogP contribution in [0, 0.1) is 0 Å². The third kappa shape index (κ3) is 5.13. The molecular weight excluding hydrogens is 335 g/mol. The van der Waals surface area contributed by atoms with E-state index >= 15 is 0 Å². The van der Waals surface area contributed by atoms with Crippen LogP contribution in [0.15, 0.2) is 53.4 Å². The van der Waals surface area contributed by atoms with E-state index in [2.05, 4.69) is 6.92 Å². The van der Waals surface area contributed by atoms with Gasteiger partial charge in [-0.2, -0.15) is 0 Å². The molecule has 2 aromatic rings. The van der Waals surface area contributed by atoms with Crippen LogP contribution in [0.5, 0.6) is 5.75 Å². The number of benzene rings is 2. The molecule has 0 spiro atoms. The Balaban J connectivity index is 2.02. The minimum Gasteiger partial charge on any atom is -0.489 e. The molecule has 0 atom stereocenters. The molecule has 0 fully saturated rings. The zero-order valence-corrected chi connectivity index (χ0v) is 13.3. The summed E-state index contributed by atoms with van der Waals surface area (Å²) in [6.45, 7) is 2.23. The van der Waals surface area contributed by atoms with Gasteiger partial charge in [-0.15, -0.1) is 0 Å². The molecule has 0 heterocycles. The molecule has 0 aliphatic carbocycles. The highest BCUT2D eigenvalue weighted by Crippen LogP contribution is 3.02. The summed E-state index contributed by atoms with van der Waals surface area (Å²) in [4.78, 5) is -1.92. The van der Waals surface area contributed by atoms with Crippen LogP contribution in [0.25, 0.3) is 0 Å². The zero-order chi connectivity index (χ0) is 17.2. The normalized spacial score (nSPS) is 14.9. The molecule has 1 nitrogen and oxygen atoms in total. The minimum absolute atomic E-state index is 0.105. The van der Waals surface area contributed by atoms with Crippen LogP contribution in [0.2, 0.25) is 0 Å². The SMILES string of the molecule is CCCc1ccc(COc2ccc(S(F)(F)(F)(F)F)cc2)cc1. The van der Waals surface area contributed by atoms with E-state index in [-0.39, 0.29) is 12.4 Å². The zero-order valence-electron chi connectivity index (χ0n) is 12.4. The number of hydrogen-bond donors (Lipinski definition) is 0. The largest absolute Gasteiger partial charge is 0.489 e. The van der Waals surface area contributed by atoms with Gasteiger partial charge >= 0.3 is 10.2 Å². The molecule has 0 bridgehead atoms. The first-order valence-corrected chi connectivity index (χ1v) is 8.98. The van der Waals surface area contributed by atoms with E-state index in [1.165, 1.54) is 5.56 Å². The van der Waals surface area contributed by atoms with E-state index in [0.29, 0.717) is 12.1 Å². The number of hydrogen-bond acceptors (Lipinski definition) is 1. The maximum absolute atomic E-state index is 12.6. The van der Waals surface area contributed by atoms with Crippen molar-refractivity contribution >= 4 is 10.2 Å². The Labute approximate surface area is 131 Å². The fraction of sp³-hybridized carbons (Fsp3) is 0.250. The summed E-state index contributed by atoms with van der Waals surface area (Å²) < 4.78 is 68.3. The number of aryl methyl sites for hydroxylation is 1. The molecular formula is C16H17F5OS. The quantitative estimate of drug-likeness (QED) is 0.515. The molecule has 0 aromatic heterocycles. The van der Waals surface area contributed by atoms with Crippen LogP contribution in [0.4, 0.5) is 19.4 Å². The molecule has 2 rings (SSSR count). The van der Waals surface area contributed by atoms with Gasteiger partial charge in [0.1, 0.15) is 17.3 Å². The van der Waals surface area contributed by atoms with Crippen LogP contribution in [-0.4, -0.2) is 0 Å². The smallest absolute Gasteiger partial charge is 0.310 e. The molecule has 0 aliphatic rings. The van der Waals surface area contributed by atoms with Gasteiger partial charge in [0.15, 0.2) is 0 Å². The maximum Gasteiger partial charge on any atom is 0.310 e. The lowest BCUT2D eigenvalue weighted by Gasteiger charge is -2.40. The third-order valence-corrected chi connectivity index (χ3v) is 4.40. The van der Waals surface area contributed by atoms with Gasteiger partial charge in [0.25, 0.3) is 0 Å². The van der Waals surface area contributed by atoms with Gasteiger partial charge < -0.3 is 4.74 Å². The van der Waals surface area contributed by atoms with E-state index < -0.39 is 15.1 Å². The average Bonchev–Trinajstić information content (AvgIpc) is 2.45. The van der Waals surface area contributed by atoms with Crippen molar-refractivity contribution in [2.75, 3.05) is 0 Å². The second-order valence-electron chi connectivity index (χ2n) is 5.30. The highest BCUT2D eigenvalue weighted by molar-refractivity contribution is 8.45. The van der Waals surface area contributed by atoms with Crippen molar-refractivity contribution < 1.29 is 24.2 Å². The first-order chi connectivity index (χ1) is 10.5. The Morgan fingerprint density at radius 3 is 1.78 bits per heavy atom. The van der Waals surface area contributed by atoms with E-state index in [9.17, 15) is 19.4 Å². The van der Waals surface area contributed by atoms with Crippen LogP contribution in [0.3, 0.4) is 0 Å². The predicted molar refractivity (Wildman–Crippen MR) is 82.6 cm³/mol. The van der Waals surface area contributed by atoms with Gasteiger partial charge in [0, 0.05) is 0 Å². The van der Waals surface area contributed by atoms with Crippen LogP contribution >= 0.6 is 10.2 Å². The second kappa shape index (κ2) is 5.40. The summed E-state index contributed by atoms with van der Waals surface area (Å²) in [7, 11) is -9.62. The molecule has 7 heteroatoms. The van der Waals surface area contributed by atoms with E-state index in [0.717, 1.165) is 30.5 Å². The minimum atomic E-state index is -9.62. The van der Waals surface area contributed by atoms with Crippen molar-refractivity contribution in [3.8, 4) is 5.75 Å². The Morgan fingerprint density at radius 2 is 1.30 bits per heavy atom. The monoisotopic (exact) mass is 352 g/mol. The summed E-state index contributed by atoms with van der Waals surface area (Å²) >= 11 is 0. The van der Waals surface area contributed by atoms with Crippen LogP contribution in [0.1, 0.15) is 24.5 Å². The topological polar surface area (TPSA) is 9.23 Å². The van der Waals surface area contributed by atoms with Gasteiger partial charge in [0.05, 0.1) is 0 Å². The highest BCUT2D eigenvalue weighted by atomic mass is 32.5. The molecule has 0 amide bonds. The number of halogens is 5. The maximum atomic E-state index is 12.6. The third-order valence-electron chi connectivity index (χ3n) is 3.24. The van der Waals surface area contributed by atoms with E-state index in [1.54, 1.807) is 0 Å². The Hall–Kier alpha value is -1.76. The fourth-order valence-corrected chi connectivity index (χ4v) is 2.70. The summed E-state index contributed by atoms with van der Waals surface area (Å²) in [5.41, 5.74) is 2.04. The predicted octanol–water partition coefficient (Wildman–Crippen LogP) is 6.88. The lowest BCUT2D eigenvalue weighted by atomic mass is 10.1. The lowest BCUT2D eigenvalue weighted by molar-refractivity contribution is 0.305. The van der Waals surface area contributed by atoms with Crippen molar-refractivity contribution in [1.29, 1.82) is 0 Å². The molecule has 23 heavy (non-hydrogen) atoms.